The van der Waals surface area contributed by atoms with Gasteiger partial charge in [-0.1, -0.05) is 19.4 Å². The molecule has 0 aromatic heterocycles. The van der Waals surface area contributed by atoms with Gasteiger partial charge >= 0.3 is 5.97 Å². The summed E-state index contributed by atoms with van der Waals surface area (Å²) in [5.74, 6) is -1.39. The summed E-state index contributed by atoms with van der Waals surface area (Å²) >= 11 is 5.76. The Bertz CT molecular complexity index is 765. The SMILES string of the molecule is C[C@]12CC(C(=O)O)C(=O)C=C1CC[C@@H]1[C@H]2CC[C@@]2(C)[C@H]1CCC2(O)OCCCCCCl. The first-order valence-corrected chi connectivity index (χ1v) is 12.6. The molecule has 0 saturated heterocycles. The van der Waals surface area contributed by atoms with E-state index in [2.05, 4.69) is 13.8 Å². The zero-order valence-corrected chi connectivity index (χ0v) is 19.6. The van der Waals surface area contributed by atoms with Crippen LogP contribution in [-0.4, -0.2) is 40.2 Å². The third kappa shape index (κ3) is 3.69. The maximum absolute atomic E-state index is 12.4. The van der Waals surface area contributed by atoms with Crippen LogP contribution in [0.5, 0.6) is 0 Å². The van der Waals surface area contributed by atoms with Crippen LogP contribution >= 0.6 is 11.6 Å². The maximum Gasteiger partial charge on any atom is 0.314 e. The number of hydrogen-bond donors (Lipinski definition) is 2. The molecule has 0 aromatic carbocycles. The van der Waals surface area contributed by atoms with Crippen molar-refractivity contribution in [2.75, 3.05) is 12.5 Å². The smallest absolute Gasteiger partial charge is 0.314 e. The number of unbranched alkanes of at least 4 members (excludes halogenated alkanes) is 2. The van der Waals surface area contributed by atoms with Gasteiger partial charge in [-0.15, -0.1) is 11.6 Å². The summed E-state index contributed by atoms with van der Waals surface area (Å²) in [4.78, 5) is 24.1. The standard InChI is InChI=1S/C25H37ClO5/c1-23-15-18(22(28)29)21(27)14-16(23)6-7-17-19(23)8-10-24(2)20(17)9-11-25(24,30)31-13-5-3-4-12-26/h14,17-20,30H,3-13,15H2,1-2H3,(H,28,29)/t17-,18?,19-,20+,23+,24+,25?/m1/s1. The Morgan fingerprint density at radius 2 is 1.90 bits per heavy atom. The van der Waals surface area contributed by atoms with Crippen molar-refractivity contribution in [2.45, 2.75) is 83.8 Å². The number of rotatable bonds is 7. The van der Waals surface area contributed by atoms with Crippen LogP contribution in [0.15, 0.2) is 11.6 Å². The Morgan fingerprint density at radius 3 is 2.61 bits per heavy atom. The van der Waals surface area contributed by atoms with E-state index >= 15 is 0 Å². The quantitative estimate of drug-likeness (QED) is 0.247. The third-order valence-corrected chi connectivity index (χ3v) is 9.78. The number of carboxylic acids is 1. The molecule has 0 heterocycles. The van der Waals surface area contributed by atoms with Crippen LogP contribution < -0.4 is 0 Å². The van der Waals surface area contributed by atoms with E-state index < -0.39 is 17.7 Å². The van der Waals surface area contributed by atoms with Crippen LogP contribution in [0.4, 0.5) is 0 Å². The number of carbonyl (C=O) groups is 2. The van der Waals surface area contributed by atoms with Gasteiger partial charge < -0.3 is 14.9 Å². The molecule has 7 atom stereocenters. The molecular formula is C25H37ClO5. The van der Waals surface area contributed by atoms with E-state index in [0.29, 0.717) is 43.1 Å². The van der Waals surface area contributed by atoms with Crippen molar-refractivity contribution in [3.05, 3.63) is 11.6 Å². The molecule has 0 radical (unpaired) electrons. The summed E-state index contributed by atoms with van der Waals surface area (Å²) in [5.41, 5.74) is 0.655. The van der Waals surface area contributed by atoms with E-state index in [-0.39, 0.29) is 16.6 Å². The molecule has 174 valence electrons. The molecule has 2 unspecified atom stereocenters. The molecule has 0 bridgehead atoms. The van der Waals surface area contributed by atoms with Crippen LogP contribution in [0, 0.1) is 34.5 Å². The lowest BCUT2D eigenvalue weighted by Gasteiger charge is -2.59. The van der Waals surface area contributed by atoms with Gasteiger partial charge in [-0.3, -0.25) is 9.59 Å². The lowest BCUT2D eigenvalue weighted by atomic mass is 9.46. The zero-order valence-electron chi connectivity index (χ0n) is 18.9. The summed E-state index contributed by atoms with van der Waals surface area (Å²) in [6.07, 6.45) is 10.3. The summed E-state index contributed by atoms with van der Waals surface area (Å²) in [6.45, 7) is 4.96. The highest BCUT2D eigenvalue weighted by atomic mass is 35.5. The number of aliphatic hydroxyl groups is 1. The fraction of sp³-hybridized carbons (Fsp3) is 0.840. The first kappa shape index (κ1) is 23.3. The number of fused-ring (bicyclic) bond motifs is 5. The number of aliphatic carboxylic acids is 1. The number of carbonyl (C=O) groups excluding carboxylic acids is 1. The molecular weight excluding hydrogens is 416 g/mol. The number of ketones is 1. The summed E-state index contributed by atoms with van der Waals surface area (Å²) < 4.78 is 6.16. The molecule has 3 saturated carbocycles. The van der Waals surface area contributed by atoms with Crippen LogP contribution in [0.25, 0.3) is 0 Å². The lowest BCUT2D eigenvalue weighted by Crippen LogP contribution is -2.56. The van der Waals surface area contributed by atoms with E-state index in [1.54, 1.807) is 6.08 Å². The van der Waals surface area contributed by atoms with Crippen molar-refractivity contribution in [1.29, 1.82) is 0 Å². The monoisotopic (exact) mass is 452 g/mol. The summed E-state index contributed by atoms with van der Waals surface area (Å²) in [7, 11) is 0. The van der Waals surface area contributed by atoms with Gasteiger partial charge in [0.25, 0.3) is 0 Å². The average Bonchev–Trinajstić information content (AvgIpc) is 2.99. The highest BCUT2D eigenvalue weighted by molar-refractivity contribution is 6.17. The predicted octanol–water partition coefficient (Wildman–Crippen LogP) is 4.94. The lowest BCUT2D eigenvalue weighted by molar-refractivity contribution is -0.276. The third-order valence-electron chi connectivity index (χ3n) is 9.52. The van der Waals surface area contributed by atoms with Gasteiger partial charge in [0.15, 0.2) is 11.6 Å². The van der Waals surface area contributed by atoms with Gasteiger partial charge in [-0.2, -0.15) is 0 Å². The van der Waals surface area contributed by atoms with Crippen molar-refractivity contribution in [3.8, 4) is 0 Å². The van der Waals surface area contributed by atoms with Crippen molar-refractivity contribution in [2.24, 2.45) is 34.5 Å². The molecule has 4 aliphatic carbocycles. The van der Waals surface area contributed by atoms with Gasteiger partial charge in [0, 0.05) is 17.7 Å². The number of halogens is 1. The number of ether oxygens (including phenoxy) is 1. The Kier molecular flexibility index (Phi) is 6.35. The second kappa shape index (κ2) is 8.46. The van der Waals surface area contributed by atoms with E-state index in [0.717, 1.165) is 56.9 Å². The van der Waals surface area contributed by atoms with Crippen LogP contribution in [0.1, 0.15) is 78.1 Å². The molecule has 0 aromatic rings. The van der Waals surface area contributed by atoms with Crippen LogP contribution in [-0.2, 0) is 14.3 Å². The summed E-state index contributed by atoms with van der Waals surface area (Å²) in [5, 5.41) is 21.2. The molecule has 3 fully saturated rings. The van der Waals surface area contributed by atoms with Gasteiger partial charge in [0.1, 0.15) is 5.92 Å². The first-order valence-electron chi connectivity index (χ1n) is 12.1. The number of allylic oxidation sites excluding steroid dienone is 1. The minimum Gasteiger partial charge on any atom is -0.481 e. The molecule has 0 spiro atoms. The largest absolute Gasteiger partial charge is 0.481 e. The van der Waals surface area contributed by atoms with Gasteiger partial charge in [0.05, 0.1) is 6.61 Å². The van der Waals surface area contributed by atoms with Crippen LogP contribution in [0.3, 0.4) is 0 Å². The zero-order chi connectivity index (χ0) is 22.4. The van der Waals surface area contributed by atoms with Gasteiger partial charge in [-0.05, 0) is 87.0 Å². The second-order valence-electron chi connectivity index (χ2n) is 10.9. The average molecular weight is 453 g/mol. The Hall–Kier alpha value is -0.910. The Labute approximate surface area is 190 Å². The Morgan fingerprint density at radius 1 is 1.16 bits per heavy atom. The molecule has 0 aliphatic heterocycles. The van der Waals surface area contributed by atoms with Gasteiger partial charge in [0.2, 0.25) is 0 Å². The molecule has 0 amide bonds. The summed E-state index contributed by atoms with van der Waals surface area (Å²) in [6, 6.07) is 0. The fourth-order valence-corrected chi connectivity index (χ4v) is 7.87. The minimum atomic E-state index is -1.08. The van der Waals surface area contributed by atoms with E-state index in [1.165, 1.54) is 0 Å². The van der Waals surface area contributed by atoms with Crippen molar-refractivity contribution < 1.29 is 24.5 Å². The molecule has 31 heavy (non-hydrogen) atoms. The first-order chi connectivity index (χ1) is 14.7. The number of carboxylic acid groups (broad SMARTS) is 1. The van der Waals surface area contributed by atoms with E-state index in [1.807, 2.05) is 0 Å². The number of hydrogen-bond acceptors (Lipinski definition) is 4. The van der Waals surface area contributed by atoms with Crippen molar-refractivity contribution in [1.82, 2.24) is 0 Å². The molecule has 4 aliphatic rings. The molecule has 5 nitrogen and oxygen atoms in total. The maximum atomic E-state index is 12.4. The van der Waals surface area contributed by atoms with Gasteiger partial charge in [-0.25, -0.2) is 0 Å². The van der Waals surface area contributed by atoms with Crippen molar-refractivity contribution >= 4 is 23.4 Å². The molecule has 2 N–H and O–H groups in total. The highest BCUT2D eigenvalue weighted by Gasteiger charge is 2.65. The molecule has 4 rings (SSSR count). The Balaban J connectivity index is 1.52. The highest BCUT2D eigenvalue weighted by Crippen LogP contribution is 2.67. The van der Waals surface area contributed by atoms with E-state index in [4.69, 9.17) is 16.3 Å². The van der Waals surface area contributed by atoms with E-state index in [9.17, 15) is 19.8 Å². The fourth-order valence-electron chi connectivity index (χ4n) is 7.68. The predicted molar refractivity (Wildman–Crippen MR) is 119 cm³/mol. The van der Waals surface area contributed by atoms with Crippen LogP contribution in [0.2, 0.25) is 0 Å². The van der Waals surface area contributed by atoms with Crippen molar-refractivity contribution in [3.63, 3.8) is 0 Å². The number of alkyl halides is 1. The normalized spacial score (nSPS) is 44.3. The molecule has 6 heteroatoms. The second-order valence-corrected chi connectivity index (χ2v) is 11.3. The minimum absolute atomic E-state index is 0.232. The topological polar surface area (TPSA) is 83.8 Å².